The Bertz CT molecular complexity index is 1050. The smallest absolute Gasteiger partial charge is 0.306 e. The Labute approximate surface area is 404 Å². The van der Waals surface area contributed by atoms with Crippen LogP contribution in [0, 0.1) is 0 Å². The maximum atomic E-state index is 12.6. The molecule has 0 aliphatic heterocycles. The number of ether oxygens (including phenoxy) is 3. The molecule has 0 radical (unpaired) electrons. The van der Waals surface area contributed by atoms with E-state index >= 15 is 0 Å². The Morgan fingerprint density at radius 2 is 0.554 bits per heavy atom. The predicted octanol–water partition coefficient (Wildman–Crippen LogP) is 19.1. The van der Waals surface area contributed by atoms with Crippen LogP contribution in [0.4, 0.5) is 0 Å². The monoisotopic (exact) mass is 915 g/mol. The molecule has 0 N–H and O–H groups in total. The maximum absolute atomic E-state index is 12.6. The highest BCUT2D eigenvalue weighted by Gasteiger charge is 2.19. The average molecular weight is 916 g/mol. The average Bonchev–Trinajstić information content (AvgIpc) is 3.30. The number of carbonyl (C=O) groups is 3. The van der Waals surface area contributed by atoms with E-state index in [0.29, 0.717) is 19.3 Å². The van der Waals surface area contributed by atoms with Crippen LogP contribution in [-0.2, 0) is 28.6 Å². The first-order valence-electron chi connectivity index (χ1n) is 28.8. The molecule has 1 atom stereocenters. The zero-order valence-corrected chi connectivity index (χ0v) is 43.8. The van der Waals surface area contributed by atoms with Crippen molar-refractivity contribution in [3.8, 4) is 0 Å². The molecule has 0 fully saturated rings. The maximum Gasteiger partial charge on any atom is 0.306 e. The molecule has 65 heavy (non-hydrogen) atoms. The van der Waals surface area contributed by atoms with Gasteiger partial charge in [0, 0.05) is 19.3 Å². The van der Waals surface area contributed by atoms with Crippen LogP contribution in [0.3, 0.4) is 0 Å². The Morgan fingerprint density at radius 1 is 0.308 bits per heavy atom. The lowest BCUT2D eigenvalue weighted by Gasteiger charge is -2.18. The minimum absolute atomic E-state index is 0.0659. The van der Waals surface area contributed by atoms with Crippen LogP contribution in [-0.4, -0.2) is 37.2 Å². The fourth-order valence-corrected chi connectivity index (χ4v) is 8.59. The van der Waals surface area contributed by atoms with E-state index in [-0.39, 0.29) is 31.1 Å². The van der Waals surface area contributed by atoms with E-state index in [1.807, 2.05) is 0 Å². The quantitative estimate of drug-likeness (QED) is 0.0262. The third-order valence-electron chi connectivity index (χ3n) is 13.0. The van der Waals surface area contributed by atoms with Gasteiger partial charge in [0.05, 0.1) is 0 Å². The van der Waals surface area contributed by atoms with Gasteiger partial charge in [-0.25, -0.2) is 0 Å². The largest absolute Gasteiger partial charge is 0.462 e. The summed E-state index contributed by atoms with van der Waals surface area (Å²) in [4.78, 5) is 37.6. The molecule has 0 aliphatic carbocycles. The third kappa shape index (κ3) is 52.7. The Kier molecular flexibility index (Phi) is 52.7. The van der Waals surface area contributed by atoms with Crippen LogP contribution in [0.15, 0.2) is 24.3 Å². The zero-order chi connectivity index (χ0) is 47.2. The summed E-state index contributed by atoms with van der Waals surface area (Å²) >= 11 is 0. The number of rotatable bonds is 53. The molecular weight excluding hydrogens is 805 g/mol. The molecule has 0 heterocycles. The Balaban J connectivity index is 3.80. The number of esters is 3. The minimum Gasteiger partial charge on any atom is -0.462 e. The van der Waals surface area contributed by atoms with Crippen LogP contribution < -0.4 is 0 Å². The van der Waals surface area contributed by atoms with Gasteiger partial charge in [0.2, 0.25) is 0 Å². The van der Waals surface area contributed by atoms with Crippen LogP contribution in [0.25, 0.3) is 0 Å². The Hall–Kier alpha value is -2.11. The molecule has 1 unspecified atom stereocenters. The number of carbonyl (C=O) groups excluding carboxylic acids is 3. The molecule has 0 saturated heterocycles. The molecule has 0 aromatic rings. The molecule has 0 aromatic heterocycles. The summed E-state index contributed by atoms with van der Waals surface area (Å²) in [6.45, 7) is 6.57. The van der Waals surface area contributed by atoms with E-state index < -0.39 is 6.10 Å². The number of unbranched alkanes of at least 4 members (excludes halogenated alkanes) is 38. The van der Waals surface area contributed by atoms with Crippen LogP contribution in [0.2, 0.25) is 0 Å². The van der Waals surface area contributed by atoms with E-state index in [0.717, 1.165) is 64.2 Å². The van der Waals surface area contributed by atoms with Crippen LogP contribution in [0.1, 0.15) is 316 Å². The zero-order valence-electron chi connectivity index (χ0n) is 43.8. The fraction of sp³-hybridized carbons (Fsp3) is 0.881. The summed E-state index contributed by atoms with van der Waals surface area (Å²) in [5, 5.41) is 0. The highest BCUT2D eigenvalue weighted by Crippen LogP contribution is 2.17. The second-order valence-electron chi connectivity index (χ2n) is 19.6. The van der Waals surface area contributed by atoms with E-state index in [1.165, 1.54) is 212 Å². The van der Waals surface area contributed by atoms with Gasteiger partial charge in [-0.15, -0.1) is 0 Å². The van der Waals surface area contributed by atoms with Crippen molar-refractivity contribution in [2.75, 3.05) is 13.2 Å². The third-order valence-corrected chi connectivity index (χ3v) is 13.0. The van der Waals surface area contributed by atoms with Gasteiger partial charge in [-0.2, -0.15) is 0 Å². The van der Waals surface area contributed by atoms with Gasteiger partial charge in [-0.3, -0.25) is 14.4 Å². The van der Waals surface area contributed by atoms with Crippen molar-refractivity contribution in [2.24, 2.45) is 0 Å². The molecule has 0 saturated carbocycles. The van der Waals surface area contributed by atoms with Gasteiger partial charge in [-0.05, 0) is 51.4 Å². The Morgan fingerprint density at radius 3 is 0.846 bits per heavy atom. The summed E-state index contributed by atoms with van der Waals surface area (Å²) in [6, 6.07) is 0. The van der Waals surface area contributed by atoms with Crippen molar-refractivity contribution < 1.29 is 28.6 Å². The van der Waals surface area contributed by atoms with E-state index in [1.54, 1.807) is 0 Å². The molecule has 6 heteroatoms. The summed E-state index contributed by atoms with van der Waals surface area (Å²) in [5.74, 6) is -0.867. The van der Waals surface area contributed by atoms with Crippen molar-refractivity contribution in [1.82, 2.24) is 0 Å². The minimum atomic E-state index is -0.760. The molecule has 6 nitrogen and oxygen atoms in total. The van der Waals surface area contributed by atoms with E-state index in [9.17, 15) is 14.4 Å². The number of hydrogen-bond donors (Lipinski definition) is 0. The number of hydrogen-bond acceptors (Lipinski definition) is 6. The van der Waals surface area contributed by atoms with Crippen molar-refractivity contribution in [1.29, 1.82) is 0 Å². The highest BCUT2D eigenvalue weighted by molar-refractivity contribution is 5.71. The van der Waals surface area contributed by atoms with Crippen LogP contribution >= 0.6 is 0 Å². The topological polar surface area (TPSA) is 78.9 Å². The molecule has 0 bridgehead atoms. The second-order valence-corrected chi connectivity index (χ2v) is 19.6. The van der Waals surface area contributed by atoms with E-state index in [4.69, 9.17) is 14.2 Å². The lowest BCUT2D eigenvalue weighted by atomic mass is 10.0. The molecule has 0 amide bonds. The van der Waals surface area contributed by atoms with Crippen LogP contribution in [0.5, 0.6) is 0 Å². The van der Waals surface area contributed by atoms with Crippen molar-refractivity contribution in [3.63, 3.8) is 0 Å². The lowest BCUT2D eigenvalue weighted by Crippen LogP contribution is -2.30. The fourth-order valence-electron chi connectivity index (χ4n) is 8.59. The first kappa shape index (κ1) is 62.9. The van der Waals surface area contributed by atoms with Gasteiger partial charge in [-0.1, -0.05) is 270 Å². The summed E-state index contributed by atoms with van der Waals surface area (Å²) in [6.07, 6.45) is 63.9. The van der Waals surface area contributed by atoms with Crippen molar-refractivity contribution in [3.05, 3.63) is 24.3 Å². The molecule has 382 valence electrons. The predicted molar refractivity (Wildman–Crippen MR) is 279 cm³/mol. The normalized spacial score (nSPS) is 12.1. The molecule has 0 aliphatic rings. The molecule has 0 rings (SSSR count). The summed E-state index contributed by atoms with van der Waals surface area (Å²) in [5.41, 5.74) is 0. The van der Waals surface area contributed by atoms with Gasteiger partial charge < -0.3 is 14.2 Å². The van der Waals surface area contributed by atoms with Gasteiger partial charge in [0.15, 0.2) is 6.10 Å². The molecule has 0 aromatic carbocycles. The van der Waals surface area contributed by atoms with E-state index in [2.05, 4.69) is 45.1 Å². The van der Waals surface area contributed by atoms with Crippen molar-refractivity contribution in [2.45, 2.75) is 322 Å². The first-order chi connectivity index (χ1) is 32.0. The van der Waals surface area contributed by atoms with Crippen molar-refractivity contribution >= 4 is 17.9 Å². The SMILES string of the molecule is CCCCCCC/C=C\C/C=C\CCCCCCCCCCCCCCCCCCCCCCCC(=O)OCC(COC(=O)CCCCCCCC)OC(=O)CCCCCCCCCC. The number of allylic oxidation sites excluding steroid dienone is 4. The van der Waals surface area contributed by atoms with Gasteiger partial charge in [0.25, 0.3) is 0 Å². The van der Waals surface area contributed by atoms with Gasteiger partial charge in [0.1, 0.15) is 13.2 Å². The standard InChI is InChI=1S/C59H110O6/c1-4-7-10-13-16-18-19-20-21-22-23-24-25-26-27-28-29-30-31-32-33-34-35-36-37-38-39-40-41-42-44-46-49-52-58(61)64-55-56(54-63-57(60)51-48-45-15-12-9-6-3)65-59(62)53-50-47-43-17-14-11-8-5-2/h19-20,22-23,56H,4-18,21,24-55H2,1-3H3/b20-19-,23-22-. The summed E-state index contributed by atoms with van der Waals surface area (Å²) < 4.78 is 16.7. The summed E-state index contributed by atoms with van der Waals surface area (Å²) in [7, 11) is 0. The van der Waals surface area contributed by atoms with Gasteiger partial charge >= 0.3 is 17.9 Å². The first-order valence-corrected chi connectivity index (χ1v) is 28.8. The highest BCUT2D eigenvalue weighted by atomic mass is 16.6. The second kappa shape index (κ2) is 54.5. The lowest BCUT2D eigenvalue weighted by molar-refractivity contribution is -0.167. The molecular formula is C59H110O6. The molecule has 0 spiro atoms.